The van der Waals surface area contributed by atoms with Gasteiger partial charge in [0.15, 0.2) is 0 Å². The fourth-order valence-corrected chi connectivity index (χ4v) is 4.15. The molecule has 4 nitrogen and oxygen atoms in total. The lowest BCUT2D eigenvalue weighted by Crippen LogP contribution is -2.47. The van der Waals surface area contributed by atoms with Crippen LogP contribution in [0.25, 0.3) is 0 Å². The highest BCUT2D eigenvalue weighted by molar-refractivity contribution is 9.09. The van der Waals surface area contributed by atoms with Crippen LogP contribution in [0, 0.1) is 0 Å². The molecule has 3 atom stereocenters. The minimum absolute atomic E-state index is 0.172. The maximum absolute atomic E-state index is 10.8. The molecule has 0 amide bonds. The highest BCUT2D eigenvalue weighted by atomic mass is 79.9. The van der Waals surface area contributed by atoms with E-state index in [1.54, 1.807) is 0 Å². The summed E-state index contributed by atoms with van der Waals surface area (Å²) in [6.07, 6.45) is 8.77. The topological polar surface area (TPSA) is 69.9 Å². The Kier molecular flexibility index (Phi) is 4.90. The zero-order valence-electron chi connectivity index (χ0n) is 12.6. The monoisotopic (exact) mass is 370 g/mol. The molecule has 0 aromatic rings. The Morgan fingerprint density at radius 1 is 1.23 bits per heavy atom. The molecular formula is C17H23BrO4. The van der Waals surface area contributed by atoms with Gasteiger partial charge in [-0.05, 0) is 36.8 Å². The van der Waals surface area contributed by atoms with Crippen LogP contribution >= 0.6 is 15.9 Å². The summed E-state index contributed by atoms with van der Waals surface area (Å²) in [4.78, 5) is 0. The van der Waals surface area contributed by atoms with Crippen molar-refractivity contribution in [2.75, 3.05) is 11.9 Å². The molecule has 1 saturated carbocycles. The molecule has 0 aromatic carbocycles. The predicted octanol–water partition coefficient (Wildman–Crippen LogP) is 2.34. The van der Waals surface area contributed by atoms with Crippen molar-refractivity contribution in [3.05, 3.63) is 34.4 Å². The summed E-state index contributed by atoms with van der Waals surface area (Å²) in [5, 5.41) is 31.1. The van der Waals surface area contributed by atoms with Crippen LogP contribution < -0.4 is 0 Å². The molecule has 1 fully saturated rings. The van der Waals surface area contributed by atoms with Crippen molar-refractivity contribution in [1.82, 2.24) is 0 Å². The van der Waals surface area contributed by atoms with Crippen LogP contribution in [-0.4, -0.2) is 45.3 Å². The van der Waals surface area contributed by atoms with Crippen LogP contribution in [-0.2, 0) is 4.74 Å². The number of hydrogen-bond acceptors (Lipinski definition) is 4. The van der Waals surface area contributed by atoms with Crippen LogP contribution in [0.3, 0.4) is 0 Å². The van der Waals surface area contributed by atoms with E-state index >= 15 is 0 Å². The smallest absolute Gasteiger partial charge is 0.202 e. The summed E-state index contributed by atoms with van der Waals surface area (Å²) in [6, 6.07) is 0. The molecule has 2 aliphatic carbocycles. The van der Waals surface area contributed by atoms with Gasteiger partial charge in [0.05, 0.1) is 18.0 Å². The van der Waals surface area contributed by atoms with E-state index < -0.39 is 18.0 Å². The van der Waals surface area contributed by atoms with Gasteiger partial charge < -0.3 is 20.1 Å². The number of alkyl halides is 1. The van der Waals surface area contributed by atoms with Crippen molar-refractivity contribution >= 4 is 15.9 Å². The third kappa shape index (κ3) is 2.85. The van der Waals surface area contributed by atoms with E-state index in [1.165, 1.54) is 24.8 Å². The summed E-state index contributed by atoms with van der Waals surface area (Å²) in [7, 11) is 0. The first-order valence-electron chi connectivity index (χ1n) is 7.97. The van der Waals surface area contributed by atoms with Crippen LogP contribution in [0.15, 0.2) is 34.4 Å². The van der Waals surface area contributed by atoms with Crippen LogP contribution in [0.2, 0.25) is 0 Å². The van der Waals surface area contributed by atoms with Crippen molar-refractivity contribution in [1.29, 1.82) is 0 Å². The lowest BCUT2D eigenvalue weighted by Gasteiger charge is -2.41. The van der Waals surface area contributed by atoms with E-state index in [0.717, 1.165) is 24.0 Å². The number of allylic oxidation sites excluding steroid dienone is 1. The number of ether oxygens (including phenoxy) is 1. The lowest BCUT2D eigenvalue weighted by atomic mass is 9.79. The number of aliphatic hydroxyl groups is 3. The first-order valence-corrected chi connectivity index (χ1v) is 9.10. The molecule has 0 spiro atoms. The maximum atomic E-state index is 10.8. The first-order chi connectivity index (χ1) is 10.6. The van der Waals surface area contributed by atoms with E-state index in [4.69, 9.17) is 4.74 Å². The summed E-state index contributed by atoms with van der Waals surface area (Å²) >= 11 is 3.28. The molecule has 22 heavy (non-hydrogen) atoms. The van der Waals surface area contributed by atoms with E-state index in [2.05, 4.69) is 15.9 Å². The molecule has 0 bridgehead atoms. The molecule has 1 aliphatic heterocycles. The average molecular weight is 371 g/mol. The van der Waals surface area contributed by atoms with Gasteiger partial charge in [-0.15, -0.1) is 0 Å². The molecule has 3 aliphatic rings. The molecule has 0 radical (unpaired) electrons. The molecule has 1 heterocycles. The second-order valence-corrected chi connectivity index (χ2v) is 6.90. The van der Waals surface area contributed by atoms with Crippen molar-refractivity contribution < 1.29 is 20.1 Å². The highest BCUT2D eigenvalue weighted by Crippen LogP contribution is 2.42. The molecule has 3 N–H and O–H groups in total. The van der Waals surface area contributed by atoms with Gasteiger partial charge in [0.2, 0.25) is 5.79 Å². The second-order valence-electron chi connectivity index (χ2n) is 6.34. The maximum Gasteiger partial charge on any atom is 0.202 e. The minimum Gasteiger partial charge on any atom is -0.394 e. The number of aliphatic hydroxyl groups excluding tert-OH is 2. The van der Waals surface area contributed by atoms with E-state index in [0.29, 0.717) is 12.0 Å². The Hall–Kier alpha value is -0.460. The van der Waals surface area contributed by atoms with Crippen LogP contribution in [0.1, 0.15) is 38.5 Å². The number of halogens is 1. The molecule has 5 heteroatoms. The molecular weight excluding hydrogens is 348 g/mol. The zero-order chi connectivity index (χ0) is 15.7. The number of hydrogen-bond donors (Lipinski definition) is 3. The summed E-state index contributed by atoms with van der Waals surface area (Å²) in [6.45, 7) is -0.172. The molecule has 122 valence electrons. The molecule has 1 unspecified atom stereocenters. The Balaban J connectivity index is 1.98. The van der Waals surface area contributed by atoms with Crippen molar-refractivity contribution in [3.63, 3.8) is 0 Å². The molecule has 0 saturated heterocycles. The van der Waals surface area contributed by atoms with Gasteiger partial charge in [0.25, 0.3) is 0 Å². The third-order valence-corrected chi connectivity index (χ3v) is 5.64. The van der Waals surface area contributed by atoms with E-state index in [1.807, 2.05) is 12.2 Å². The SMILES string of the molecule is OC[C@H]1CC2=C(C=CC(=C3CCCCC3)C2O)[C@@](O)(CBr)O1. The van der Waals surface area contributed by atoms with Gasteiger partial charge in [0, 0.05) is 12.0 Å². The Morgan fingerprint density at radius 2 is 1.95 bits per heavy atom. The quantitative estimate of drug-likeness (QED) is 0.652. The Morgan fingerprint density at radius 3 is 2.59 bits per heavy atom. The van der Waals surface area contributed by atoms with E-state index in [9.17, 15) is 15.3 Å². The minimum atomic E-state index is -1.48. The third-order valence-electron chi connectivity index (χ3n) is 4.88. The second kappa shape index (κ2) is 6.57. The Bertz CT molecular complexity index is 529. The summed E-state index contributed by atoms with van der Waals surface area (Å²) < 4.78 is 5.59. The van der Waals surface area contributed by atoms with Crippen LogP contribution in [0.5, 0.6) is 0 Å². The van der Waals surface area contributed by atoms with Crippen molar-refractivity contribution in [2.45, 2.75) is 56.5 Å². The first kappa shape index (κ1) is 16.4. The normalized spacial score (nSPS) is 35.8. The van der Waals surface area contributed by atoms with Gasteiger partial charge >= 0.3 is 0 Å². The largest absolute Gasteiger partial charge is 0.394 e. The van der Waals surface area contributed by atoms with Crippen LogP contribution in [0.4, 0.5) is 0 Å². The number of rotatable bonds is 2. The van der Waals surface area contributed by atoms with Gasteiger partial charge in [-0.3, -0.25) is 0 Å². The standard InChI is InChI=1S/C17H23BrO4/c18-10-17(21)15-7-6-13(11-4-2-1-3-5-11)16(20)14(15)8-12(9-19)22-17/h6-7,12,16,19-21H,1-5,8-10H2/t12-,16?,17-/m1/s1. The van der Waals surface area contributed by atoms with Gasteiger partial charge in [0.1, 0.15) is 6.10 Å². The molecule has 0 aromatic heterocycles. The average Bonchev–Trinajstić information content (AvgIpc) is 2.56. The zero-order valence-corrected chi connectivity index (χ0v) is 14.2. The van der Waals surface area contributed by atoms with Gasteiger partial charge in [-0.2, -0.15) is 0 Å². The van der Waals surface area contributed by atoms with E-state index in [-0.39, 0.29) is 11.9 Å². The summed E-state index contributed by atoms with van der Waals surface area (Å²) in [5.41, 5.74) is 3.72. The molecule has 3 rings (SSSR count). The van der Waals surface area contributed by atoms with Gasteiger partial charge in [-0.1, -0.05) is 40.1 Å². The Labute approximate surface area is 139 Å². The predicted molar refractivity (Wildman–Crippen MR) is 87.6 cm³/mol. The van der Waals surface area contributed by atoms with Crippen molar-refractivity contribution in [3.8, 4) is 0 Å². The van der Waals surface area contributed by atoms with Gasteiger partial charge in [-0.25, -0.2) is 0 Å². The highest BCUT2D eigenvalue weighted by Gasteiger charge is 2.43. The fraction of sp³-hybridized carbons (Fsp3) is 0.647. The summed E-state index contributed by atoms with van der Waals surface area (Å²) in [5.74, 6) is -1.48. The lowest BCUT2D eigenvalue weighted by molar-refractivity contribution is -0.202. The van der Waals surface area contributed by atoms with Crippen molar-refractivity contribution in [2.24, 2.45) is 0 Å². The fourth-order valence-electron chi connectivity index (χ4n) is 3.72.